The van der Waals surface area contributed by atoms with E-state index < -0.39 is 0 Å². The summed E-state index contributed by atoms with van der Waals surface area (Å²) < 4.78 is 0. The predicted molar refractivity (Wildman–Crippen MR) is 59.0 cm³/mol. The van der Waals surface area contributed by atoms with Crippen molar-refractivity contribution in [1.82, 2.24) is 4.90 Å². The quantitative estimate of drug-likeness (QED) is 0.648. The smallest absolute Gasteiger partial charge is 0.0184 e. The summed E-state index contributed by atoms with van der Waals surface area (Å²) in [6.45, 7) is 13.1. The minimum absolute atomic E-state index is 0.390. The van der Waals surface area contributed by atoms with Gasteiger partial charge in [0.05, 0.1) is 0 Å². The van der Waals surface area contributed by atoms with Crippen molar-refractivity contribution >= 4 is 0 Å². The second kappa shape index (κ2) is 3.61. The van der Waals surface area contributed by atoms with Crippen LogP contribution < -0.4 is 0 Å². The molecule has 1 rings (SSSR count). The summed E-state index contributed by atoms with van der Waals surface area (Å²) in [5.41, 5.74) is 0.862. The van der Waals surface area contributed by atoms with E-state index in [0.717, 1.165) is 0 Å². The van der Waals surface area contributed by atoms with Gasteiger partial charge in [-0.05, 0) is 53.0 Å². The first-order valence-electron chi connectivity index (χ1n) is 5.74. The molecule has 1 nitrogen and oxygen atoms in total. The van der Waals surface area contributed by atoms with Gasteiger partial charge in [-0.15, -0.1) is 0 Å². The molecule has 1 aliphatic heterocycles. The van der Waals surface area contributed by atoms with Gasteiger partial charge in [0.25, 0.3) is 0 Å². The summed E-state index contributed by atoms with van der Waals surface area (Å²) in [4.78, 5) is 2.72. The first-order valence-corrected chi connectivity index (χ1v) is 5.74. The van der Waals surface area contributed by atoms with E-state index >= 15 is 0 Å². The van der Waals surface area contributed by atoms with Crippen LogP contribution in [0.3, 0.4) is 0 Å². The van der Waals surface area contributed by atoms with Gasteiger partial charge >= 0.3 is 0 Å². The molecule has 1 unspecified atom stereocenters. The van der Waals surface area contributed by atoms with Gasteiger partial charge in [0.1, 0.15) is 0 Å². The van der Waals surface area contributed by atoms with Gasteiger partial charge in [0.15, 0.2) is 0 Å². The van der Waals surface area contributed by atoms with Crippen molar-refractivity contribution in [3.8, 4) is 0 Å². The number of likely N-dealkylation sites (tertiary alicyclic amines) is 1. The topological polar surface area (TPSA) is 3.24 Å². The summed E-state index contributed by atoms with van der Waals surface area (Å²) in [6.07, 6.45) is 5.31. The van der Waals surface area contributed by atoms with Crippen LogP contribution in [-0.2, 0) is 0 Å². The van der Waals surface area contributed by atoms with Crippen LogP contribution in [0, 0.1) is 0 Å². The molecule has 78 valence electrons. The SMILES string of the molecule is CCC(C)(C)N1CCCC1(C)CC. The van der Waals surface area contributed by atoms with Gasteiger partial charge in [0, 0.05) is 11.1 Å². The first-order chi connectivity index (χ1) is 5.96. The maximum atomic E-state index is 2.72. The minimum atomic E-state index is 0.390. The third kappa shape index (κ3) is 1.90. The Labute approximate surface area is 83.5 Å². The van der Waals surface area contributed by atoms with Crippen LogP contribution in [0.1, 0.15) is 60.3 Å². The minimum Gasteiger partial charge on any atom is -0.293 e. The van der Waals surface area contributed by atoms with Crippen molar-refractivity contribution in [3.63, 3.8) is 0 Å². The average Bonchev–Trinajstić information content (AvgIpc) is 2.49. The van der Waals surface area contributed by atoms with Crippen LogP contribution in [0.5, 0.6) is 0 Å². The average molecular weight is 183 g/mol. The molecule has 0 bridgehead atoms. The van der Waals surface area contributed by atoms with E-state index in [1.165, 1.54) is 32.2 Å². The Kier molecular flexibility index (Phi) is 3.06. The summed E-state index contributed by atoms with van der Waals surface area (Å²) in [7, 11) is 0. The number of rotatable bonds is 3. The molecule has 1 fully saturated rings. The van der Waals surface area contributed by atoms with E-state index in [-0.39, 0.29) is 0 Å². The fourth-order valence-corrected chi connectivity index (χ4v) is 2.61. The van der Waals surface area contributed by atoms with E-state index in [2.05, 4.69) is 39.5 Å². The lowest BCUT2D eigenvalue weighted by Crippen LogP contribution is -2.52. The molecule has 0 aromatic heterocycles. The number of hydrogen-bond acceptors (Lipinski definition) is 1. The van der Waals surface area contributed by atoms with Crippen LogP contribution in [0.2, 0.25) is 0 Å². The van der Waals surface area contributed by atoms with E-state index in [1.807, 2.05) is 0 Å². The second-order valence-electron chi connectivity index (χ2n) is 5.27. The summed E-state index contributed by atoms with van der Waals surface area (Å²) in [6, 6.07) is 0. The van der Waals surface area contributed by atoms with Gasteiger partial charge in [-0.2, -0.15) is 0 Å². The van der Waals surface area contributed by atoms with Gasteiger partial charge in [-0.25, -0.2) is 0 Å². The van der Waals surface area contributed by atoms with Gasteiger partial charge in [-0.3, -0.25) is 4.90 Å². The molecule has 0 spiro atoms. The fraction of sp³-hybridized carbons (Fsp3) is 1.00. The summed E-state index contributed by atoms with van der Waals surface area (Å²) in [5.74, 6) is 0. The highest BCUT2D eigenvalue weighted by atomic mass is 15.3. The Morgan fingerprint density at radius 2 is 1.92 bits per heavy atom. The zero-order valence-corrected chi connectivity index (χ0v) is 9.98. The third-order valence-corrected chi connectivity index (χ3v) is 4.11. The molecule has 0 aromatic rings. The Morgan fingerprint density at radius 1 is 1.31 bits per heavy atom. The highest BCUT2D eigenvalue weighted by Crippen LogP contribution is 2.38. The Bertz CT molecular complexity index is 174. The van der Waals surface area contributed by atoms with E-state index in [0.29, 0.717) is 11.1 Å². The van der Waals surface area contributed by atoms with Crippen LogP contribution in [0.25, 0.3) is 0 Å². The lowest BCUT2D eigenvalue weighted by Gasteiger charge is -2.45. The first kappa shape index (κ1) is 11.0. The molecule has 1 atom stereocenters. The second-order valence-corrected chi connectivity index (χ2v) is 5.27. The Balaban J connectivity index is 2.79. The van der Waals surface area contributed by atoms with Gasteiger partial charge < -0.3 is 0 Å². The van der Waals surface area contributed by atoms with Crippen molar-refractivity contribution in [2.45, 2.75) is 71.4 Å². The molecule has 0 N–H and O–H groups in total. The van der Waals surface area contributed by atoms with Crippen molar-refractivity contribution in [3.05, 3.63) is 0 Å². The predicted octanol–water partition coefficient (Wildman–Crippen LogP) is 3.44. The summed E-state index contributed by atoms with van der Waals surface area (Å²) in [5, 5.41) is 0. The van der Waals surface area contributed by atoms with E-state index in [4.69, 9.17) is 0 Å². The molecule has 0 saturated carbocycles. The third-order valence-electron chi connectivity index (χ3n) is 4.11. The highest BCUT2D eigenvalue weighted by Gasteiger charge is 2.41. The fourth-order valence-electron chi connectivity index (χ4n) is 2.61. The number of nitrogens with zero attached hydrogens (tertiary/aromatic N) is 1. The highest BCUT2D eigenvalue weighted by molar-refractivity contribution is 4.97. The van der Waals surface area contributed by atoms with Crippen molar-refractivity contribution in [2.75, 3.05) is 6.54 Å². The van der Waals surface area contributed by atoms with Crippen LogP contribution in [-0.4, -0.2) is 22.5 Å². The van der Waals surface area contributed by atoms with Crippen molar-refractivity contribution in [1.29, 1.82) is 0 Å². The van der Waals surface area contributed by atoms with Crippen molar-refractivity contribution in [2.24, 2.45) is 0 Å². The van der Waals surface area contributed by atoms with Gasteiger partial charge in [0.2, 0.25) is 0 Å². The Hall–Kier alpha value is -0.0400. The zero-order chi connectivity index (χ0) is 10.1. The van der Waals surface area contributed by atoms with Crippen LogP contribution in [0.15, 0.2) is 0 Å². The standard InChI is InChI=1S/C12H25N/c1-6-11(3,4)13-10-8-9-12(13,5)7-2/h6-10H2,1-5H3. The normalized spacial score (nSPS) is 31.2. The monoisotopic (exact) mass is 183 g/mol. The molecule has 1 saturated heterocycles. The lowest BCUT2D eigenvalue weighted by atomic mass is 9.89. The molecular formula is C12H25N. The Morgan fingerprint density at radius 3 is 2.38 bits per heavy atom. The molecule has 0 amide bonds. The van der Waals surface area contributed by atoms with Crippen LogP contribution in [0.4, 0.5) is 0 Å². The lowest BCUT2D eigenvalue weighted by molar-refractivity contribution is 0.0382. The van der Waals surface area contributed by atoms with Crippen molar-refractivity contribution < 1.29 is 0 Å². The molecule has 0 radical (unpaired) electrons. The maximum absolute atomic E-state index is 2.72. The molecule has 0 aromatic carbocycles. The molecule has 1 heteroatoms. The van der Waals surface area contributed by atoms with Gasteiger partial charge in [-0.1, -0.05) is 13.8 Å². The largest absolute Gasteiger partial charge is 0.293 e. The number of hydrogen-bond donors (Lipinski definition) is 0. The van der Waals surface area contributed by atoms with Crippen LogP contribution >= 0.6 is 0 Å². The van der Waals surface area contributed by atoms with E-state index in [9.17, 15) is 0 Å². The zero-order valence-electron chi connectivity index (χ0n) is 9.98. The molecule has 0 aliphatic carbocycles. The van der Waals surface area contributed by atoms with E-state index in [1.54, 1.807) is 0 Å². The molecular weight excluding hydrogens is 158 g/mol. The maximum Gasteiger partial charge on any atom is 0.0184 e. The summed E-state index contributed by atoms with van der Waals surface area (Å²) >= 11 is 0. The molecule has 1 heterocycles. The molecule has 13 heavy (non-hydrogen) atoms. The molecule has 1 aliphatic rings.